The molecule has 9 nitrogen and oxygen atoms in total. The molecule has 0 spiro atoms. The van der Waals surface area contributed by atoms with Crippen LogP contribution in [0.15, 0.2) is 16.8 Å². The van der Waals surface area contributed by atoms with Crippen LogP contribution in [0.25, 0.3) is 0 Å². The molecule has 210 valence electrons. The Kier molecular flexibility index (Phi) is 7.00. The number of carbonyl (C=O) groups excluding carboxylic acids is 3. The van der Waals surface area contributed by atoms with Gasteiger partial charge in [-0.3, -0.25) is 9.59 Å². The van der Waals surface area contributed by atoms with Crippen molar-refractivity contribution in [3.05, 3.63) is 11.6 Å². The van der Waals surface area contributed by atoms with Crippen molar-refractivity contribution in [1.82, 2.24) is 4.90 Å². The molecule has 2 N–H and O–H groups in total. The SMILES string of the molecule is COC(=O)C1CC(O)CN1C(=O)CON=C1C=C2CCC3C(CCC4(C)C3CCC4(O)C(C)=O)C2(C)CC1. The number of aliphatic hydroxyl groups excluding tert-OH is 1. The van der Waals surface area contributed by atoms with E-state index in [4.69, 9.17) is 9.57 Å². The molecule has 5 aliphatic rings. The number of nitrogens with zero attached hydrogens (tertiary/aromatic N) is 2. The first-order valence-corrected chi connectivity index (χ1v) is 14.1. The molecule has 8 unspecified atom stereocenters. The lowest BCUT2D eigenvalue weighted by Gasteiger charge is -2.59. The number of oxime groups is 1. The number of esters is 1. The summed E-state index contributed by atoms with van der Waals surface area (Å²) in [5.74, 6) is 0.381. The molecule has 0 bridgehead atoms. The van der Waals surface area contributed by atoms with Crippen LogP contribution in [0.1, 0.15) is 78.6 Å². The van der Waals surface area contributed by atoms with Crippen molar-refractivity contribution in [1.29, 1.82) is 0 Å². The third-order valence-corrected chi connectivity index (χ3v) is 11.2. The van der Waals surface area contributed by atoms with Crippen molar-refractivity contribution in [2.75, 3.05) is 20.3 Å². The minimum absolute atomic E-state index is 0.0649. The number of β-amino-alcohol motifs (C(OH)–C–C–N with tert-alkyl or cyclic N) is 1. The predicted octanol–water partition coefficient (Wildman–Crippen LogP) is 2.78. The summed E-state index contributed by atoms with van der Waals surface area (Å²) < 4.78 is 4.76. The molecular weight excluding hydrogens is 488 g/mol. The molecule has 0 aromatic rings. The predicted molar refractivity (Wildman–Crippen MR) is 139 cm³/mol. The average molecular weight is 531 g/mol. The fraction of sp³-hybridized carbons (Fsp3) is 0.793. The number of rotatable bonds is 5. The largest absolute Gasteiger partial charge is 0.467 e. The second-order valence-corrected chi connectivity index (χ2v) is 12.7. The number of fused-ring (bicyclic) bond motifs is 5. The minimum atomic E-state index is -1.19. The lowest BCUT2D eigenvalue weighted by Crippen LogP contribution is -2.57. The summed E-state index contributed by atoms with van der Waals surface area (Å²) in [6.07, 6.45) is 8.67. The Balaban J connectivity index is 1.25. The van der Waals surface area contributed by atoms with Crippen LogP contribution in [0.3, 0.4) is 0 Å². The van der Waals surface area contributed by atoms with E-state index in [0.29, 0.717) is 24.2 Å². The number of hydrogen-bond donors (Lipinski definition) is 2. The van der Waals surface area contributed by atoms with E-state index in [0.717, 1.165) is 50.7 Å². The molecule has 1 heterocycles. The van der Waals surface area contributed by atoms with Crippen molar-refractivity contribution in [3.8, 4) is 0 Å². The zero-order valence-electron chi connectivity index (χ0n) is 23.1. The van der Waals surface area contributed by atoms with E-state index >= 15 is 0 Å². The Morgan fingerprint density at radius 3 is 2.55 bits per heavy atom. The molecule has 1 amide bonds. The third kappa shape index (κ3) is 4.12. The van der Waals surface area contributed by atoms with E-state index in [1.54, 1.807) is 6.92 Å². The fourth-order valence-electron chi connectivity index (χ4n) is 8.94. The normalized spacial score (nSPS) is 43.1. The Morgan fingerprint density at radius 1 is 1.11 bits per heavy atom. The van der Waals surface area contributed by atoms with E-state index in [1.165, 1.54) is 17.6 Å². The molecule has 5 rings (SSSR count). The molecule has 38 heavy (non-hydrogen) atoms. The maximum absolute atomic E-state index is 12.7. The van der Waals surface area contributed by atoms with Crippen molar-refractivity contribution in [2.45, 2.75) is 96.3 Å². The number of aliphatic hydroxyl groups is 2. The number of ether oxygens (including phenoxy) is 1. The highest BCUT2D eigenvalue weighted by Gasteiger charge is 2.65. The molecule has 4 aliphatic carbocycles. The van der Waals surface area contributed by atoms with Crippen LogP contribution in [0, 0.1) is 28.6 Å². The smallest absolute Gasteiger partial charge is 0.328 e. The summed E-state index contributed by atoms with van der Waals surface area (Å²) >= 11 is 0. The molecule has 1 saturated heterocycles. The summed E-state index contributed by atoms with van der Waals surface area (Å²) in [6.45, 7) is 5.85. The number of likely N-dealkylation sites (tertiary alicyclic amines) is 1. The number of ketones is 1. The minimum Gasteiger partial charge on any atom is -0.467 e. The zero-order valence-corrected chi connectivity index (χ0v) is 23.1. The van der Waals surface area contributed by atoms with Crippen LogP contribution in [0.4, 0.5) is 0 Å². The summed E-state index contributed by atoms with van der Waals surface area (Å²) in [5, 5.41) is 25.5. The summed E-state index contributed by atoms with van der Waals surface area (Å²) in [7, 11) is 1.27. The molecular formula is C29H42N2O7. The first-order chi connectivity index (χ1) is 17.9. The van der Waals surface area contributed by atoms with Gasteiger partial charge in [-0.15, -0.1) is 0 Å². The Bertz CT molecular complexity index is 1070. The summed E-state index contributed by atoms with van der Waals surface area (Å²) in [4.78, 5) is 43.8. The monoisotopic (exact) mass is 530 g/mol. The van der Waals surface area contributed by atoms with Crippen LogP contribution in [-0.2, 0) is 24.0 Å². The summed E-state index contributed by atoms with van der Waals surface area (Å²) in [5.41, 5.74) is 0.746. The van der Waals surface area contributed by atoms with Crippen molar-refractivity contribution in [3.63, 3.8) is 0 Å². The second-order valence-electron chi connectivity index (χ2n) is 12.7. The standard InChI is InChI=1S/C29H42N2O7/c1-17(32)29(36)12-9-23-21-6-5-18-13-19(7-10-27(18,2)22(21)8-11-28(23,29)3)30-38-16-25(34)31-15-20(33)14-24(31)26(35)37-4/h13,20-24,33,36H,5-12,14-16H2,1-4H3. The Labute approximate surface area is 224 Å². The highest BCUT2D eigenvalue weighted by Crippen LogP contribution is 2.67. The summed E-state index contributed by atoms with van der Waals surface area (Å²) in [6, 6.07) is -0.796. The van der Waals surface area contributed by atoms with E-state index in [9.17, 15) is 24.6 Å². The topological polar surface area (TPSA) is 126 Å². The number of methoxy groups -OCH3 is 1. The van der Waals surface area contributed by atoms with Gasteiger partial charge >= 0.3 is 5.97 Å². The van der Waals surface area contributed by atoms with Gasteiger partial charge in [-0.1, -0.05) is 24.6 Å². The van der Waals surface area contributed by atoms with E-state index < -0.39 is 29.6 Å². The van der Waals surface area contributed by atoms with Crippen LogP contribution in [0.5, 0.6) is 0 Å². The van der Waals surface area contributed by atoms with Crippen molar-refractivity contribution < 1.29 is 34.2 Å². The fourth-order valence-corrected chi connectivity index (χ4v) is 8.94. The molecule has 1 aliphatic heterocycles. The van der Waals surface area contributed by atoms with Crippen LogP contribution in [-0.4, -0.2) is 76.5 Å². The van der Waals surface area contributed by atoms with E-state index in [2.05, 4.69) is 25.1 Å². The van der Waals surface area contributed by atoms with Gasteiger partial charge in [0.15, 0.2) is 12.4 Å². The van der Waals surface area contributed by atoms with Gasteiger partial charge in [-0.2, -0.15) is 0 Å². The number of allylic oxidation sites excluding steroid dienone is 2. The number of hydrogen-bond acceptors (Lipinski definition) is 8. The molecule has 3 saturated carbocycles. The molecule has 0 aromatic carbocycles. The lowest BCUT2D eigenvalue weighted by molar-refractivity contribution is -0.159. The van der Waals surface area contributed by atoms with Crippen LogP contribution in [0.2, 0.25) is 0 Å². The number of Topliss-reactive ketones (excluding diaryl/α,β-unsaturated/α-hetero) is 1. The lowest BCUT2D eigenvalue weighted by atomic mass is 9.46. The van der Waals surface area contributed by atoms with Gasteiger partial charge in [0.2, 0.25) is 0 Å². The molecule has 4 fully saturated rings. The highest BCUT2D eigenvalue weighted by atomic mass is 16.6. The average Bonchev–Trinajstić information content (AvgIpc) is 3.41. The molecule has 0 aromatic heterocycles. The third-order valence-electron chi connectivity index (χ3n) is 11.2. The maximum Gasteiger partial charge on any atom is 0.328 e. The van der Waals surface area contributed by atoms with E-state index in [-0.39, 0.29) is 36.2 Å². The van der Waals surface area contributed by atoms with Gasteiger partial charge in [0.1, 0.15) is 11.6 Å². The quantitative estimate of drug-likeness (QED) is 0.414. The number of carbonyl (C=O) groups is 3. The van der Waals surface area contributed by atoms with Gasteiger partial charge in [-0.25, -0.2) is 4.79 Å². The molecule has 8 atom stereocenters. The van der Waals surface area contributed by atoms with Gasteiger partial charge < -0.3 is 24.7 Å². The number of amides is 1. The van der Waals surface area contributed by atoms with Gasteiger partial charge in [-0.05, 0) is 87.5 Å². The van der Waals surface area contributed by atoms with Crippen molar-refractivity contribution in [2.24, 2.45) is 33.7 Å². The van der Waals surface area contributed by atoms with Gasteiger partial charge in [0.25, 0.3) is 5.91 Å². The second kappa shape index (κ2) is 9.73. The van der Waals surface area contributed by atoms with E-state index in [1.807, 2.05) is 0 Å². The Hall–Kier alpha value is -2.26. The zero-order chi connectivity index (χ0) is 27.5. The van der Waals surface area contributed by atoms with Crippen LogP contribution >= 0.6 is 0 Å². The first-order valence-electron chi connectivity index (χ1n) is 14.1. The molecule has 0 radical (unpaired) electrons. The Morgan fingerprint density at radius 2 is 1.84 bits per heavy atom. The first kappa shape index (κ1) is 27.3. The highest BCUT2D eigenvalue weighted by molar-refractivity contribution is 5.96. The maximum atomic E-state index is 12.7. The van der Waals surface area contributed by atoms with Crippen molar-refractivity contribution >= 4 is 23.4 Å². The van der Waals surface area contributed by atoms with Gasteiger partial charge in [0, 0.05) is 18.4 Å². The van der Waals surface area contributed by atoms with Gasteiger partial charge in [0.05, 0.1) is 18.9 Å². The van der Waals surface area contributed by atoms with Crippen LogP contribution < -0.4 is 0 Å². The molecule has 9 heteroatoms.